The van der Waals surface area contributed by atoms with E-state index in [-0.39, 0.29) is 27.6 Å². The fourth-order valence-electron chi connectivity index (χ4n) is 2.22. The number of hydrazone groups is 1. The summed E-state index contributed by atoms with van der Waals surface area (Å²) in [6.07, 6.45) is 3.35. The monoisotopic (exact) mass is 316 g/mol. The number of hydrogen-bond acceptors (Lipinski definition) is 3. The van der Waals surface area contributed by atoms with Crippen LogP contribution in [0.25, 0.3) is 0 Å². The molecule has 6 heteroatoms. The number of thiophene rings is 1. The molecule has 1 saturated carbocycles. The summed E-state index contributed by atoms with van der Waals surface area (Å²) in [6.45, 7) is 4.02. The summed E-state index contributed by atoms with van der Waals surface area (Å²) in [4.78, 5) is 13.0. The predicted molar refractivity (Wildman–Crippen MR) is 80.6 cm³/mol. The molecular formula is C13H14Cl2N2OS. The standard InChI is InChI=1S/C13H14Cl2N2OS/c1-13(2)9(6-10(14)15)11(13)12(18)17-16-7-8-4-3-5-19-8/h3-7,9,11H,1-2H3,(H,17,18)/b16-7-/t9-,11-/m0/s1. The first-order chi connectivity index (χ1) is 8.93. The molecule has 1 heterocycles. The molecule has 0 saturated heterocycles. The highest BCUT2D eigenvalue weighted by atomic mass is 35.5. The first kappa shape index (κ1) is 14.6. The molecule has 0 aliphatic heterocycles. The quantitative estimate of drug-likeness (QED) is 0.666. The van der Waals surface area contributed by atoms with Gasteiger partial charge in [-0.3, -0.25) is 4.79 Å². The molecule has 1 aromatic rings. The Morgan fingerprint density at radius 1 is 1.53 bits per heavy atom. The van der Waals surface area contributed by atoms with E-state index in [1.807, 2.05) is 31.4 Å². The Labute approximate surface area is 126 Å². The topological polar surface area (TPSA) is 41.5 Å². The summed E-state index contributed by atoms with van der Waals surface area (Å²) >= 11 is 12.9. The van der Waals surface area contributed by atoms with Gasteiger partial charge in [0.2, 0.25) is 5.91 Å². The predicted octanol–water partition coefficient (Wildman–Crippen LogP) is 3.79. The SMILES string of the molecule is CC1(C)[C@H](C(=O)N/N=C\c2cccs2)[C@@H]1C=C(Cl)Cl. The highest BCUT2D eigenvalue weighted by molar-refractivity contribution is 7.11. The van der Waals surface area contributed by atoms with Crippen molar-refractivity contribution < 1.29 is 4.79 Å². The number of carbonyl (C=O) groups excluding carboxylic acids is 1. The molecule has 2 rings (SSSR count). The number of carbonyl (C=O) groups is 1. The number of halogens is 2. The maximum Gasteiger partial charge on any atom is 0.244 e. The molecule has 1 aliphatic rings. The highest BCUT2D eigenvalue weighted by Crippen LogP contribution is 2.59. The molecule has 0 bridgehead atoms. The van der Waals surface area contributed by atoms with Gasteiger partial charge in [-0.25, -0.2) is 5.43 Å². The molecule has 2 atom stereocenters. The minimum Gasteiger partial charge on any atom is -0.273 e. The Hall–Kier alpha value is -0.840. The number of nitrogens with one attached hydrogen (secondary N) is 1. The third-order valence-electron chi connectivity index (χ3n) is 3.41. The van der Waals surface area contributed by atoms with Crippen LogP contribution in [0.1, 0.15) is 18.7 Å². The van der Waals surface area contributed by atoms with Crippen LogP contribution in [-0.2, 0) is 4.79 Å². The van der Waals surface area contributed by atoms with E-state index < -0.39 is 0 Å². The first-order valence-corrected chi connectivity index (χ1v) is 7.45. The zero-order valence-electron chi connectivity index (χ0n) is 10.6. The summed E-state index contributed by atoms with van der Waals surface area (Å²) < 4.78 is 0.204. The zero-order chi connectivity index (χ0) is 14.0. The second-order valence-electron chi connectivity index (χ2n) is 5.03. The summed E-state index contributed by atoms with van der Waals surface area (Å²) in [5.41, 5.74) is 2.44. The van der Waals surface area contributed by atoms with Gasteiger partial charge in [-0.1, -0.05) is 43.1 Å². The molecule has 1 amide bonds. The van der Waals surface area contributed by atoms with Gasteiger partial charge in [0.15, 0.2) is 0 Å². The Bertz CT molecular complexity index is 519. The normalized spacial score (nSPS) is 24.2. The van der Waals surface area contributed by atoms with Gasteiger partial charge in [0.1, 0.15) is 4.49 Å². The number of rotatable bonds is 4. The second kappa shape index (κ2) is 5.65. The number of amides is 1. The third-order valence-corrected chi connectivity index (χ3v) is 4.47. The van der Waals surface area contributed by atoms with E-state index >= 15 is 0 Å². The molecule has 1 aromatic heterocycles. The maximum absolute atomic E-state index is 12.0. The van der Waals surface area contributed by atoms with Crippen molar-refractivity contribution in [3.05, 3.63) is 33.0 Å². The van der Waals surface area contributed by atoms with Crippen LogP contribution in [0.15, 0.2) is 33.2 Å². The molecule has 102 valence electrons. The van der Waals surface area contributed by atoms with E-state index in [9.17, 15) is 4.79 Å². The number of nitrogens with zero attached hydrogens (tertiary/aromatic N) is 1. The van der Waals surface area contributed by atoms with E-state index in [0.717, 1.165) is 4.88 Å². The molecule has 19 heavy (non-hydrogen) atoms. The Balaban J connectivity index is 1.93. The summed E-state index contributed by atoms with van der Waals surface area (Å²) in [5.74, 6) is -0.177. The summed E-state index contributed by atoms with van der Waals surface area (Å²) in [5, 5.41) is 5.91. The lowest BCUT2D eigenvalue weighted by molar-refractivity contribution is -0.123. The molecular weight excluding hydrogens is 303 g/mol. The van der Waals surface area contributed by atoms with Crippen LogP contribution in [0.3, 0.4) is 0 Å². The molecule has 3 nitrogen and oxygen atoms in total. The van der Waals surface area contributed by atoms with Crippen LogP contribution in [0, 0.1) is 17.3 Å². The lowest BCUT2D eigenvalue weighted by atomic mass is 10.1. The fourth-order valence-corrected chi connectivity index (χ4v) is 3.08. The van der Waals surface area contributed by atoms with Crippen molar-refractivity contribution in [1.29, 1.82) is 0 Å². The number of allylic oxidation sites excluding steroid dienone is 1. The molecule has 1 fully saturated rings. The van der Waals surface area contributed by atoms with Crippen molar-refractivity contribution >= 4 is 46.7 Å². The lowest BCUT2D eigenvalue weighted by Crippen LogP contribution is -2.21. The maximum atomic E-state index is 12.0. The molecule has 0 spiro atoms. The van der Waals surface area contributed by atoms with Gasteiger partial charge in [0.25, 0.3) is 0 Å². The summed E-state index contributed by atoms with van der Waals surface area (Å²) in [6, 6.07) is 3.86. The molecule has 0 unspecified atom stereocenters. The molecule has 1 N–H and O–H groups in total. The van der Waals surface area contributed by atoms with Crippen molar-refractivity contribution in [3.8, 4) is 0 Å². The van der Waals surface area contributed by atoms with Crippen molar-refractivity contribution in [2.45, 2.75) is 13.8 Å². The summed E-state index contributed by atoms with van der Waals surface area (Å²) in [7, 11) is 0. The Morgan fingerprint density at radius 2 is 2.26 bits per heavy atom. The number of hydrogen-bond donors (Lipinski definition) is 1. The van der Waals surface area contributed by atoms with E-state index in [4.69, 9.17) is 23.2 Å². The van der Waals surface area contributed by atoms with Crippen LogP contribution in [0.5, 0.6) is 0 Å². The smallest absolute Gasteiger partial charge is 0.244 e. The molecule has 0 radical (unpaired) electrons. The lowest BCUT2D eigenvalue weighted by Gasteiger charge is -2.00. The van der Waals surface area contributed by atoms with E-state index in [2.05, 4.69) is 10.5 Å². The van der Waals surface area contributed by atoms with Gasteiger partial charge in [0, 0.05) is 4.88 Å². The highest BCUT2D eigenvalue weighted by Gasteiger charge is 2.60. The van der Waals surface area contributed by atoms with Crippen LogP contribution < -0.4 is 5.43 Å². The van der Waals surface area contributed by atoms with Gasteiger partial charge < -0.3 is 0 Å². The van der Waals surface area contributed by atoms with Crippen LogP contribution in [0.4, 0.5) is 0 Å². The van der Waals surface area contributed by atoms with Gasteiger partial charge >= 0.3 is 0 Å². The van der Waals surface area contributed by atoms with Crippen LogP contribution >= 0.6 is 34.5 Å². The average Bonchev–Trinajstić information content (AvgIpc) is 2.69. The molecule has 0 aromatic carbocycles. The van der Waals surface area contributed by atoms with E-state index in [1.165, 1.54) is 0 Å². The van der Waals surface area contributed by atoms with Crippen molar-refractivity contribution in [3.63, 3.8) is 0 Å². The fraction of sp³-hybridized carbons (Fsp3) is 0.385. The van der Waals surface area contributed by atoms with Gasteiger partial charge in [0.05, 0.1) is 12.1 Å². The zero-order valence-corrected chi connectivity index (χ0v) is 12.9. The van der Waals surface area contributed by atoms with Gasteiger partial charge in [-0.15, -0.1) is 11.3 Å². The van der Waals surface area contributed by atoms with Crippen molar-refractivity contribution in [2.75, 3.05) is 0 Å². The third kappa shape index (κ3) is 3.38. The van der Waals surface area contributed by atoms with Gasteiger partial charge in [-0.2, -0.15) is 5.10 Å². The van der Waals surface area contributed by atoms with E-state index in [1.54, 1.807) is 23.6 Å². The van der Waals surface area contributed by atoms with Crippen molar-refractivity contribution in [2.24, 2.45) is 22.4 Å². The Morgan fingerprint density at radius 3 is 2.84 bits per heavy atom. The van der Waals surface area contributed by atoms with Gasteiger partial charge in [-0.05, 0) is 28.9 Å². The average molecular weight is 317 g/mol. The second-order valence-corrected chi connectivity index (χ2v) is 7.02. The largest absolute Gasteiger partial charge is 0.273 e. The Kier molecular flexibility index (Phi) is 4.33. The van der Waals surface area contributed by atoms with E-state index in [0.29, 0.717) is 0 Å². The van der Waals surface area contributed by atoms with Crippen LogP contribution in [0.2, 0.25) is 0 Å². The minimum absolute atomic E-state index is 0.0643. The minimum atomic E-state index is -0.138. The van der Waals surface area contributed by atoms with Crippen LogP contribution in [-0.4, -0.2) is 12.1 Å². The van der Waals surface area contributed by atoms with Crippen molar-refractivity contribution in [1.82, 2.24) is 5.43 Å². The first-order valence-electron chi connectivity index (χ1n) is 5.82. The molecule has 1 aliphatic carbocycles.